The molecule has 0 spiro atoms. The summed E-state index contributed by atoms with van der Waals surface area (Å²) in [6.07, 6.45) is 0. The van der Waals surface area contributed by atoms with Crippen LogP contribution in [0, 0.1) is 6.92 Å². The minimum Gasteiger partial charge on any atom is -0.438 e. The Kier molecular flexibility index (Phi) is 1.78. The van der Waals surface area contributed by atoms with E-state index in [1.165, 1.54) is 5.56 Å². The maximum Gasteiger partial charge on any atom is 0.227 e. The Bertz CT molecular complexity index is 889. The first kappa shape index (κ1) is 9.66. The highest BCUT2D eigenvalue weighted by atomic mass is 16.3. The molecule has 18 heavy (non-hydrogen) atoms. The zero-order chi connectivity index (χ0) is 12.1. The standard InChI is InChI=1S/C16H11NO/c1-10-6-7-15-12(8-10)13-9-11-4-2-3-5-14(11)17-16(13)18-15/h2-9H,1H3. The van der Waals surface area contributed by atoms with Gasteiger partial charge in [0.25, 0.3) is 0 Å². The van der Waals surface area contributed by atoms with Crippen LogP contribution in [0.1, 0.15) is 5.56 Å². The molecule has 0 aliphatic heterocycles. The van der Waals surface area contributed by atoms with Crippen LogP contribution in [0.4, 0.5) is 0 Å². The molecule has 2 heterocycles. The van der Waals surface area contributed by atoms with Crippen LogP contribution >= 0.6 is 0 Å². The molecule has 0 radical (unpaired) electrons. The fraction of sp³-hybridized carbons (Fsp3) is 0.0625. The lowest BCUT2D eigenvalue weighted by molar-refractivity contribution is 0.656. The quantitative estimate of drug-likeness (QED) is 0.448. The van der Waals surface area contributed by atoms with Crippen LogP contribution in [-0.4, -0.2) is 4.98 Å². The number of hydrogen-bond donors (Lipinski definition) is 0. The van der Waals surface area contributed by atoms with Gasteiger partial charge in [-0.15, -0.1) is 0 Å². The molecule has 2 nitrogen and oxygen atoms in total. The highest BCUT2D eigenvalue weighted by molar-refractivity contribution is 6.07. The molecule has 0 atom stereocenters. The molecule has 0 saturated carbocycles. The van der Waals surface area contributed by atoms with E-state index >= 15 is 0 Å². The summed E-state index contributed by atoms with van der Waals surface area (Å²) >= 11 is 0. The number of benzene rings is 2. The van der Waals surface area contributed by atoms with Crippen LogP contribution in [0.25, 0.3) is 33.0 Å². The van der Waals surface area contributed by atoms with Gasteiger partial charge in [0.2, 0.25) is 5.71 Å². The average molecular weight is 233 g/mol. The van der Waals surface area contributed by atoms with Gasteiger partial charge in [0.1, 0.15) is 5.58 Å². The fourth-order valence-electron chi connectivity index (χ4n) is 2.42. The number of fused-ring (bicyclic) bond motifs is 4. The van der Waals surface area contributed by atoms with Gasteiger partial charge in [-0.2, -0.15) is 0 Å². The van der Waals surface area contributed by atoms with Crippen molar-refractivity contribution in [1.29, 1.82) is 0 Å². The number of furan rings is 1. The van der Waals surface area contributed by atoms with Gasteiger partial charge in [-0.05, 0) is 31.2 Å². The van der Waals surface area contributed by atoms with Crippen LogP contribution in [-0.2, 0) is 0 Å². The molecule has 2 heteroatoms. The summed E-state index contributed by atoms with van der Waals surface area (Å²) in [5, 5.41) is 3.38. The van der Waals surface area contributed by atoms with Gasteiger partial charge in [0.05, 0.1) is 5.52 Å². The number of aromatic nitrogens is 1. The summed E-state index contributed by atoms with van der Waals surface area (Å²) < 4.78 is 5.80. The van der Waals surface area contributed by atoms with E-state index in [4.69, 9.17) is 4.42 Å². The molecule has 4 rings (SSSR count). The topological polar surface area (TPSA) is 26.0 Å². The van der Waals surface area contributed by atoms with E-state index in [2.05, 4.69) is 36.2 Å². The van der Waals surface area contributed by atoms with E-state index in [9.17, 15) is 0 Å². The van der Waals surface area contributed by atoms with E-state index < -0.39 is 0 Å². The van der Waals surface area contributed by atoms with Gasteiger partial charge in [0, 0.05) is 16.2 Å². The number of pyridine rings is 1. The molecule has 0 aliphatic rings. The van der Waals surface area contributed by atoms with Crippen molar-refractivity contribution >= 4 is 33.0 Å². The smallest absolute Gasteiger partial charge is 0.227 e. The van der Waals surface area contributed by atoms with Crippen molar-refractivity contribution in [3.63, 3.8) is 0 Å². The Labute approximate surface area is 104 Å². The van der Waals surface area contributed by atoms with Crippen molar-refractivity contribution in [2.45, 2.75) is 6.92 Å². The predicted molar refractivity (Wildman–Crippen MR) is 73.8 cm³/mol. The molecule has 0 unspecified atom stereocenters. The molecule has 86 valence electrons. The van der Waals surface area contributed by atoms with Crippen LogP contribution in [0.15, 0.2) is 52.9 Å². The SMILES string of the molecule is Cc1ccc2oc3nc4ccccc4cc3c2c1. The van der Waals surface area contributed by atoms with Gasteiger partial charge in [0.15, 0.2) is 0 Å². The number of aryl methyl sites for hydroxylation is 1. The van der Waals surface area contributed by atoms with Crippen molar-refractivity contribution < 1.29 is 4.42 Å². The van der Waals surface area contributed by atoms with Crippen molar-refractivity contribution in [2.24, 2.45) is 0 Å². The summed E-state index contributed by atoms with van der Waals surface area (Å²) in [7, 11) is 0. The van der Waals surface area contributed by atoms with Crippen molar-refractivity contribution in [2.75, 3.05) is 0 Å². The molecule has 0 fully saturated rings. The fourth-order valence-corrected chi connectivity index (χ4v) is 2.42. The Balaban J connectivity index is 2.25. The van der Waals surface area contributed by atoms with Crippen LogP contribution in [0.3, 0.4) is 0 Å². The Hall–Kier alpha value is -2.35. The third-order valence-electron chi connectivity index (χ3n) is 3.32. The lowest BCUT2D eigenvalue weighted by Crippen LogP contribution is -1.78. The summed E-state index contributed by atoms with van der Waals surface area (Å²) in [6, 6.07) is 16.5. The molecular weight excluding hydrogens is 222 g/mol. The number of rotatable bonds is 0. The van der Waals surface area contributed by atoms with E-state index in [1.807, 2.05) is 24.3 Å². The van der Waals surface area contributed by atoms with Crippen LogP contribution in [0.5, 0.6) is 0 Å². The Morgan fingerprint density at radius 2 is 1.83 bits per heavy atom. The molecule has 4 aromatic rings. The normalized spacial score (nSPS) is 11.6. The first-order valence-electron chi connectivity index (χ1n) is 6.00. The second-order valence-corrected chi connectivity index (χ2v) is 4.64. The Morgan fingerprint density at radius 3 is 2.78 bits per heavy atom. The van der Waals surface area contributed by atoms with Crippen LogP contribution < -0.4 is 0 Å². The average Bonchev–Trinajstić information content (AvgIpc) is 2.73. The maximum absolute atomic E-state index is 5.80. The van der Waals surface area contributed by atoms with Gasteiger partial charge < -0.3 is 4.42 Å². The predicted octanol–water partition coefficient (Wildman–Crippen LogP) is 4.44. The second-order valence-electron chi connectivity index (χ2n) is 4.64. The summed E-state index contributed by atoms with van der Waals surface area (Å²) in [4.78, 5) is 4.58. The van der Waals surface area contributed by atoms with E-state index in [-0.39, 0.29) is 0 Å². The maximum atomic E-state index is 5.80. The highest BCUT2D eigenvalue weighted by Gasteiger charge is 2.09. The van der Waals surface area contributed by atoms with Gasteiger partial charge in [-0.3, -0.25) is 0 Å². The van der Waals surface area contributed by atoms with E-state index in [0.717, 1.165) is 27.3 Å². The molecule has 0 aliphatic carbocycles. The summed E-state index contributed by atoms with van der Waals surface area (Å²) in [6.45, 7) is 2.09. The van der Waals surface area contributed by atoms with Gasteiger partial charge in [-0.25, -0.2) is 4.98 Å². The zero-order valence-electron chi connectivity index (χ0n) is 9.97. The monoisotopic (exact) mass is 233 g/mol. The molecule has 0 N–H and O–H groups in total. The lowest BCUT2D eigenvalue weighted by atomic mass is 10.1. The highest BCUT2D eigenvalue weighted by Crippen LogP contribution is 2.30. The van der Waals surface area contributed by atoms with E-state index in [1.54, 1.807) is 0 Å². The number of hydrogen-bond acceptors (Lipinski definition) is 2. The molecule has 2 aromatic heterocycles. The first-order chi connectivity index (χ1) is 8.81. The van der Waals surface area contributed by atoms with Gasteiger partial charge >= 0.3 is 0 Å². The van der Waals surface area contributed by atoms with Gasteiger partial charge in [-0.1, -0.05) is 29.8 Å². The van der Waals surface area contributed by atoms with Crippen molar-refractivity contribution in [1.82, 2.24) is 4.98 Å². The molecule has 2 aromatic carbocycles. The zero-order valence-corrected chi connectivity index (χ0v) is 9.97. The van der Waals surface area contributed by atoms with Crippen molar-refractivity contribution in [3.05, 3.63) is 54.1 Å². The first-order valence-corrected chi connectivity index (χ1v) is 6.00. The minimum absolute atomic E-state index is 0.717. The number of nitrogens with zero attached hydrogens (tertiary/aromatic N) is 1. The molecule has 0 bridgehead atoms. The molecule has 0 saturated heterocycles. The lowest BCUT2D eigenvalue weighted by Gasteiger charge is -1.96. The molecule has 0 amide bonds. The summed E-state index contributed by atoms with van der Waals surface area (Å²) in [5.41, 5.74) is 3.83. The van der Waals surface area contributed by atoms with Crippen molar-refractivity contribution in [3.8, 4) is 0 Å². The van der Waals surface area contributed by atoms with E-state index in [0.29, 0.717) is 5.71 Å². The second kappa shape index (κ2) is 3.33. The Morgan fingerprint density at radius 1 is 0.944 bits per heavy atom. The number of para-hydroxylation sites is 1. The largest absolute Gasteiger partial charge is 0.438 e. The third-order valence-corrected chi connectivity index (χ3v) is 3.32. The van der Waals surface area contributed by atoms with Crippen LogP contribution in [0.2, 0.25) is 0 Å². The minimum atomic E-state index is 0.717. The summed E-state index contributed by atoms with van der Waals surface area (Å²) in [5.74, 6) is 0. The molecular formula is C16H11NO. The third kappa shape index (κ3) is 1.26.